The van der Waals surface area contributed by atoms with Gasteiger partial charge in [-0.2, -0.15) is 0 Å². The molecule has 0 radical (unpaired) electrons. The van der Waals surface area contributed by atoms with Crippen LogP contribution in [0.1, 0.15) is 13.3 Å². The van der Waals surface area contributed by atoms with Gasteiger partial charge in [0, 0.05) is 23.9 Å². The zero-order chi connectivity index (χ0) is 19.2. The lowest BCUT2D eigenvalue weighted by molar-refractivity contribution is -0.115. The first kappa shape index (κ1) is 18.8. The lowest BCUT2D eigenvalue weighted by Crippen LogP contribution is -2.09. The van der Waals surface area contributed by atoms with Gasteiger partial charge in [-0.25, -0.2) is 9.97 Å². The van der Waals surface area contributed by atoms with Gasteiger partial charge in [-0.3, -0.25) is 4.79 Å². The number of amides is 1. The maximum Gasteiger partial charge on any atom is 0.224 e. The minimum absolute atomic E-state index is 0.0462. The molecule has 1 amide bonds. The van der Waals surface area contributed by atoms with Crippen LogP contribution in [-0.4, -0.2) is 34.2 Å². The van der Waals surface area contributed by atoms with E-state index in [-0.39, 0.29) is 5.91 Å². The number of aromatic nitrogens is 3. The summed E-state index contributed by atoms with van der Waals surface area (Å²) in [5, 5.41) is 6.96. The van der Waals surface area contributed by atoms with E-state index in [0.717, 1.165) is 16.4 Å². The number of hydrogen-bond acceptors (Lipinski definition) is 6. The van der Waals surface area contributed by atoms with Crippen molar-refractivity contribution in [1.82, 2.24) is 15.0 Å². The third-order valence-corrected chi connectivity index (χ3v) is 4.48. The number of pyridine rings is 1. The van der Waals surface area contributed by atoms with Gasteiger partial charge in [-0.1, -0.05) is 18.7 Å². The molecule has 3 aromatic rings. The Morgan fingerprint density at radius 2 is 2.11 bits per heavy atom. The smallest absolute Gasteiger partial charge is 0.224 e. The molecule has 0 aliphatic heterocycles. The number of hydrogen-bond donors (Lipinski definition) is 3. The Hall–Kier alpha value is -3.00. The van der Waals surface area contributed by atoms with Crippen LogP contribution in [-0.2, 0) is 4.79 Å². The second kappa shape index (κ2) is 8.59. The minimum atomic E-state index is -0.0462. The molecule has 0 saturated heterocycles. The van der Waals surface area contributed by atoms with Crippen LogP contribution in [0.25, 0.3) is 11.3 Å². The van der Waals surface area contributed by atoms with E-state index < -0.39 is 0 Å². The van der Waals surface area contributed by atoms with Gasteiger partial charge in [0.1, 0.15) is 11.6 Å². The fraction of sp³-hybridized carbons (Fsp3) is 0.211. The van der Waals surface area contributed by atoms with Crippen LogP contribution in [0.2, 0.25) is 0 Å². The number of ether oxygens (including phenoxy) is 1. The summed E-state index contributed by atoms with van der Waals surface area (Å²) in [6, 6.07) is 9.27. The number of methoxy groups -OCH3 is 1. The SMILES string of the molecule is CCC(=O)Nc1ccc(OC)c(Nc2cc(-c3cnc(SC)[nH]3)ccn2)c1. The van der Waals surface area contributed by atoms with E-state index in [1.165, 1.54) is 0 Å². The number of nitrogens with zero attached hydrogens (tertiary/aromatic N) is 2. The van der Waals surface area contributed by atoms with Crippen molar-refractivity contribution >= 4 is 34.9 Å². The molecule has 27 heavy (non-hydrogen) atoms. The van der Waals surface area contributed by atoms with Gasteiger partial charge < -0.3 is 20.4 Å². The summed E-state index contributed by atoms with van der Waals surface area (Å²) in [6.07, 6.45) is 5.91. The Morgan fingerprint density at radius 3 is 2.81 bits per heavy atom. The lowest BCUT2D eigenvalue weighted by Gasteiger charge is -2.13. The summed E-state index contributed by atoms with van der Waals surface area (Å²) in [5.74, 6) is 1.27. The molecule has 3 N–H and O–H groups in total. The maximum absolute atomic E-state index is 11.6. The fourth-order valence-corrected chi connectivity index (χ4v) is 2.86. The molecule has 2 heterocycles. The van der Waals surface area contributed by atoms with Gasteiger partial charge in [0.05, 0.1) is 24.7 Å². The number of H-pyrrole nitrogens is 1. The normalized spacial score (nSPS) is 10.5. The number of rotatable bonds is 7. The van der Waals surface area contributed by atoms with Crippen LogP contribution in [0.5, 0.6) is 5.75 Å². The summed E-state index contributed by atoms with van der Waals surface area (Å²) in [5.41, 5.74) is 3.29. The molecule has 8 heteroatoms. The molecule has 0 unspecified atom stereocenters. The highest BCUT2D eigenvalue weighted by Gasteiger charge is 2.09. The van der Waals surface area contributed by atoms with E-state index in [9.17, 15) is 4.79 Å². The van der Waals surface area contributed by atoms with Crippen LogP contribution in [0.4, 0.5) is 17.2 Å². The van der Waals surface area contributed by atoms with Gasteiger partial charge in [-0.05, 0) is 36.6 Å². The summed E-state index contributed by atoms with van der Waals surface area (Å²) in [7, 11) is 1.60. The topological polar surface area (TPSA) is 91.9 Å². The van der Waals surface area contributed by atoms with E-state index in [4.69, 9.17) is 4.74 Å². The molecule has 3 rings (SSSR count). The largest absolute Gasteiger partial charge is 0.495 e. The summed E-state index contributed by atoms with van der Waals surface area (Å²) in [4.78, 5) is 23.6. The highest BCUT2D eigenvalue weighted by atomic mass is 32.2. The predicted molar refractivity (Wildman–Crippen MR) is 109 cm³/mol. The lowest BCUT2D eigenvalue weighted by atomic mass is 10.2. The van der Waals surface area contributed by atoms with Gasteiger partial charge in [-0.15, -0.1) is 0 Å². The Bertz CT molecular complexity index is 941. The Kier molecular flexibility index (Phi) is 5.97. The average molecular weight is 383 g/mol. The zero-order valence-electron chi connectivity index (χ0n) is 15.4. The van der Waals surface area contributed by atoms with E-state index in [1.807, 2.05) is 31.4 Å². The van der Waals surface area contributed by atoms with Crippen LogP contribution in [0, 0.1) is 0 Å². The minimum Gasteiger partial charge on any atom is -0.495 e. The highest BCUT2D eigenvalue weighted by molar-refractivity contribution is 7.98. The first-order valence-electron chi connectivity index (χ1n) is 8.43. The number of carbonyl (C=O) groups excluding carboxylic acids is 1. The van der Waals surface area contributed by atoms with Gasteiger partial charge >= 0.3 is 0 Å². The Labute approximate surface area is 162 Å². The van der Waals surface area contributed by atoms with Crippen molar-refractivity contribution in [1.29, 1.82) is 0 Å². The molecule has 0 atom stereocenters. The van der Waals surface area contributed by atoms with Crippen molar-refractivity contribution in [2.45, 2.75) is 18.5 Å². The molecular formula is C19H21N5O2S. The Balaban J connectivity index is 1.86. The summed E-state index contributed by atoms with van der Waals surface area (Å²) >= 11 is 1.56. The molecule has 0 bridgehead atoms. The third-order valence-electron chi connectivity index (χ3n) is 3.88. The quantitative estimate of drug-likeness (QED) is 0.527. The number of thioether (sulfide) groups is 1. The monoisotopic (exact) mass is 383 g/mol. The van der Waals surface area contributed by atoms with Crippen molar-refractivity contribution in [3.05, 3.63) is 42.7 Å². The van der Waals surface area contributed by atoms with Crippen molar-refractivity contribution in [2.24, 2.45) is 0 Å². The first-order chi connectivity index (χ1) is 13.1. The van der Waals surface area contributed by atoms with Crippen molar-refractivity contribution in [3.8, 4) is 17.0 Å². The number of nitrogens with one attached hydrogen (secondary N) is 3. The van der Waals surface area contributed by atoms with Crippen LogP contribution in [0.3, 0.4) is 0 Å². The fourth-order valence-electron chi connectivity index (χ4n) is 2.49. The molecule has 140 valence electrons. The third kappa shape index (κ3) is 4.59. The van der Waals surface area contributed by atoms with Crippen molar-refractivity contribution in [2.75, 3.05) is 24.0 Å². The molecule has 7 nitrogen and oxygen atoms in total. The number of aromatic amines is 1. The standard InChI is InChI=1S/C19H21N5O2S/c1-4-18(25)22-13-5-6-16(26-2)14(10-13)23-17-9-12(7-8-20-17)15-11-21-19(24-15)27-3/h5-11H,4H2,1-3H3,(H,20,23)(H,21,24)(H,22,25). The molecule has 0 aliphatic rings. The molecule has 0 fully saturated rings. The van der Waals surface area contributed by atoms with E-state index >= 15 is 0 Å². The van der Waals surface area contributed by atoms with E-state index in [2.05, 4.69) is 25.6 Å². The van der Waals surface area contributed by atoms with E-state index in [0.29, 0.717) is 29.4 Å². The molecule has 0 saturated carbocycles. The molecule has 2 aromatic heterocycles. The number of carbonyl (C=O) groups is 1. The molecular weight excluding hydrogens is 362 g/mol. The highest BCUT2D eigenvalue weighted by Crippen LogP contribution is 2.31. The second-order valence-electron chi connectivity index (χ2n) is 5.68. The predicted octanol–water partition coefficient (Wildman–Crippen LogP) is 4.29. The van der Waals surface area contributed by atoms with Crippen molar-refractivity contribution in [3.63, 3.8) is 0 Å². The van der Waals surface area contributed by atoms with Gasteiger partial charge in [0.2, 0.25) is 5.91 Å². The van der Waals surface area contributed by atoms with Gasteiger partial charge in [0.25, 0.3) is 0 Å². The van der Waals surface area contributed by atoms with E-state index in [1.54, 1.807) is 43.4 Å². The van der Waals surface area contributed by atoms with Crippen LogP contribution in [0.15, 0.2) is 47.9 Å². The Morgan fingerprint density at radius 1 is 1.26 bits per heavy atom. The molecule has 1 aromatic carbocycles. The number of imidazole rings is 1. The summed E-state index contributed by atoms with van der Waals surface area (Å²) < 4.78 is 5.41. The zero-order valence-corrected chi connectivity index (χ0v) is 16.2. The van der Waals surface area contributed by atoms with Crippen molar-refractivity contribution < 1.29 is 9.53 Å². The molecule has 0 spiro atoms. The second-order valence-corrected chi connectivity index (χ2v) is 6.47. The number of benzene rings is 1. The maximum atomic E-state index is 11.6. The van der Waals surface area contributed by atoms with Gasteiger partial charge in [0.15, 0.2) is 5.16 Å². The number of anilines is 3. The van der Waals surface area contributed by atoms with Crippen LogP contribution >= 0.6 is 11.8 Å². The molecule has 0 aliphatic carbocycles. The summed E-state index contributed by atoms with van der Waals surface area (Å²) in [6.45, 7) is 1.81. The van der Waals surface area contributed by atoms with Crippen LogP contribution < -0.4 is 15.4 Å². The first-order valence-corrected chi connectivity index (χ1v) is 9.65. The average Bonchev–Trinajstić information content (AvgIpc) is 3.18.